The van der Waals surface area contributed by atoms with Gasteiger partial charge in [-0.2, -0.15) is 26.3 Å². The van der Waals surface area contributed by atoms with Gasteiger partial charge in [0.1, 0.15) is 0 Å². The number of nitrogens with zero attached hydrogens (tertiary/aromatic N) is 3. The summed E-state index contributed by atoms with van der Waals surface area (Å²) in [5.74, 6) is -1.19. The highest BCUT2D eigenvalue weighted by atomic mass is 19.4. The fourth-order valence-corrected chi connectivity index (χ4v) is 0.991. The van der Waals surface area contributed by atoms with Crippen LogP contribution in [0.5, 0.6) is 0 Å². The number of hydrogen-bond acceptors (Lipinski definition) is 4. The Labute approximate surface area is 84.0 Å². The van der Waals surface area contributed by atoms with Crippen LogP contribution in [0.15, 0.2) is 0 Å². The fourth-order valence-electron chi connectivity index (χ4n) is 0.991. The van der Waals surface area contributed by atoms with E-state index in [-0.39, 0.29) is 4.68 Å². The zero-order valence-corrected chi connectivity index (χ0v) is 7.34. The van der Waals surface area contributed by atoms with E-state index in [9.17, 15) is 26.3 Å². The normalized spacial score (nSPS) is 13.4. The summed E-state index contributed by atoms with van der Waals surface area (Å²) in [6, 6.07) is 0. The lowest BCUT2D eigenvalue weighted by molar-refractivity contribution is -0.255. The minimum Gasteiger partial charge on any atom is -0.366 e. The Morgan fingerprint density at radius 3 is 1.69 bits per heavy atom. The average molecular weight is 249 g/mol. The molecule has 0 aromatic carbocycles. The molecule has 0 radical (unpaired) electrons. The lowest BCUT2D eigenvalue weighted by Crippen LogP contribution is -2.37. The third-order valence-corrected chi connectivity index (χ3v) is 1.66. The number of aromatic nitrogens is 3. The van der Waals surface area contributed by atoms with Gasteiger partial charge in [0.15, 0.2) is 5.82 Å². The van der Waals surface area contributed by atoms with Crippen molar-refractivity contribution in [2.75, 3.05) is 11.6 Å². The molecule has 0 unspecified atom stereocenters. The van der Waals surface area contributed by atoms with Gasteiger partial charge in [0, 0.05) is 0 Å². The van der Waals surface area contributed by atoms with E-state index in [1.165, 1.54) is 0 Å². The predicted molar refractivity (Wildman–Crippen MR) is 39.4 cm³/mol. The minimum atomic E-state index is -5.57. The van der Waals surface area contributed by atoms with Crippen molar-refractivity contribution < 1.29 is 26.3 Å². The molecule has 0 aliphatic heterocycles. The van der Waals surface area contributed by atoms with Gasteiger partial charge in [-0.15, -0.1) is 10.2 Å². The van der Waals surface area contributed by atoms with E-state index in [0.29, 0.717) is 0 Å². The molecule has 5 nitrogen and oxygen atoms in total. The van der Waals surface area contributed by atoms with E-state index in [1.807, 2.05) is 0 Å². The van der Waals surface area contributed by atoms with Crippen LogP contribution in [0, 0.1) is 0 Å². The van der Waals surface area contributed by atoms with E-state index < -0.39 is 30.0 Å². The number of rotatable bonds is 1. The van der Waals surface area contributed by atoms with Crippen LogP contribution < -0.4 is 11.6 Å². The number of nitrogens with two attached hydrogens (primary N) is 2. The molecule has 4 N–H and O–H groups in total. The van der Waals surface area contributed by atoms with Crippen molar-refractivity contribution in [3.05, 3.63) is 5.82 Å². The molecular weight excluding hydrogens is 244 g/mol. The maximum absolute atomic E-state index is 12.2. The van der Waals surface area contributed by atoms with Crippen LogP contribution in [0.4, 0.5) is 32.3 Å². The molecule has 1 rings (SSSR count). The second-order valence-electron chi connectivity index (χ2n) is 2.80. The zero-order chi connectivity index (χ0) is 12.7. The smallest absolute Gasteiger partial charge is 0.366 e. The fraction of sp³-hybridized carbons (Fsp3) is 0.600. The molecule has 0 bridgehead atoms. The Bertz CT molecular complexity index is 364. The van der Waals surface area contributed by atoms with Gasteiger partial charge < -0.3 is 11.6 Å². The van der Waals surface area contributed by atoms with Gasteiger partial charge in [-0.3, -0.25) is 0 Å². The van der Waals surface area contributed by atoms with Crippen LogP contribution in [0.2, 0.25) is 0 Å². The van der Waals surface area contributed by atoms with Crippen molar-refractivity contribution in [3.8, 4) is 0 Å². The lowest BCUT2D eigenvalue weighted by Gasteiger charge is -2.21. The third kappa shape index (κ3) is 2.12. The largest absolute Gasteiger partial charge is 0.407 e. The second-order valence-corrected chi connectivity index (χ2v) is 2.80. The highest BCUT2D eigenvalue weighted by Gasteiger charge is 2.60. The number of alkyl halides is 6. The van der Waals surface area contributed by atoms with Gasteiger partial charge in [0.25, 0.3) is 0 Å². The van der Waals surface area contributed by atoms with E-state index in [0.717, 1.165) is 0 Å². The topological polar surface area (TPSA) is 82.8 Å². The van der Waals surface area contributed by atoms with E-state index in [2.05, 4.69) is 10.2 Å². The van der Waals surface area contributed by atoms with Crippen molar-refractivity contribution in [2.45, 2.75) is 18.3 Å². The van der Waals surface area contributed by atoms with Crippen LogP contribution in [-0.4, -0.2) is 27.2 Å². The highest BCUT2D eigenvalue weighted by molar-refractivity contribution is 5.20. The van der Waals surface area contributed by atoms with E-state index in [4.69, 9.17) is 11.6 Å². The molecule has 0 fully saturated rings. The van der Waals surface area contributed by atoms with Crippen LogP contribution in [-0.2, 0) is 0 Å². The molecule has 1 aromatic heterocycles. The van der Waals surface area contributed by atoms with Gasteiger partial charge in [-0.25, -0.2) is 4.68 Å². The summed E-state index contributed by atoms with van der Waals surface area (Å²) < 4.78 is 73.1. The Balaban J connectivity index is 3.29. The number of hydrogen-bond donors (Lipinski definition) is 2. The van der Waals surface area contributed by atoms with Crippen LogP contribution in [0.3, 0.4) is 0 Å². The summed E-state index contributed by atoms with van der Waals surface area (Å²) in [6.07, 6.45) is -11.1. The van der Waals surface area contributed by atoms with Crippen LogP contribution in [0.1, 0.15) is 11.7 Å². The van der Waals surface area contributed by atoms with Crippen molar-refractivity contribution >= 4 is 5.95 Å². The Morgan fingerprint density at radius 1 is 1.00 bits per heavy atom. The third-order valence-electron chi connectivity index (χ3n) is 1.66. The Morgan fingerprint density at radius 2 is 1.44 bits per heavy atom. The molecule has 0 amide bonds. The molecule has 0 saturated heterocycles. The molecule has 1 heterocycles. The molecule has 16 heavy (non-hydrogen) atoms. The monoisotopic (exact) mass is 249 g/mol. The van der Waals surface area contributed by atoms with Gasteiger partial charge >= 0.3 is 12.4 Å². The predicted octanol–water partition coefficient (Wildman–Crippen LogP) is 0.782. The molecule has 0 spiro atoms. The average Bonchev–Trinajstić information content (AvgIpc) is 2.31. The van der Waals surface area contributed by atoms with Gasteiger partial charge in [-0.1, -0.05) is 0 Å². The molecule has 92 valence electrons. The molecule has 11 heteroatoms. The molecule has 0 atom stereocenters. The Hall–Kier alpha value is -1.68. The second kappa shape index (κ2) is 3.42. The highest BCUT2D eigenvalue weighted by Crippen LogP contribution is 2.45. The first-order valence-corrected chi connectivity index (χ1v) is 3.64. The van der Waals surface area contributed by atoms with Crippen molar-refractivity contribution in [1.82, 2.24) is 14.9 Å². The van der Waals surface area contributed by atoms with Crippen LogP contribution in [0.25, 0.3) is 0 Å². The van der Waals surface area contributed by atoms with E-state index >= 15 is 0 Å². The molecule has 0 saturated carbocycles. The van der Waals surface area contributed by atoms with Gasteiger partial charge in [0.2, 0.25) is 11.9 Å². The van der Waals surface area contributed by atoms with Gasteiger partial charge in [-0.05, 0) is 0 Å². The van der Waals surface area contributed by atoms with Crippen molar-refractivity contribution in [3.63, 3.8) is 0 Å². The molecule has 0 aliphatic carbocycles. The summed E-state index contributed by atoms with van der Waals surface area (Å²) in [7, 11) is 0. The zero-order valence-electron chi connectivity index (χ0n) is 7.34. The quantitative estimate of drug-likeness (QED) is 0.569. The summed E-state index contributed by atoms with van der Waals surface area (Å²) in [5.41, 5.74) is 4.89. The summed E-state index contributed by atoms with van der Waals surface area (Å²) in [5, 5.41) is 5.50. The van der Waals surface area contributed by atoms with Crippen molar-refractivity contribution in [1.29, 1.82) is 0 Å². The molecule has 0 aliphatic rings. The number of nitrogen functional groups attached to an aromatic ring is 2. The lowest BCUT2D eigenvalue weighted by atomic mass is 10.1. The summed E-state index contributed by atoms with van der Waals surface area (Å²) in [6.45, 7) is 0. The Kier molecular flexibility index (Phi) is 2.65. The first-order chi connectivity index (χ1) is 7.05. The maximum Gasteiger partial charge on any atom is 0.407 e. The van der Waals surface area contributed by atoms with Crippen molar-refractivity contribution in [2.24, 2.45) is 0 Å². The summed E-state index contributed by atoms with van der Waals surface area (Å²) >= 11 is 0. The number of anilines is 1. The number of halogens is 6. The van der Waals surface area contributed by atoms with Crippen LogP contribution >= 0.6 is 0 Å². The van der Waals surface area contributed by atoms with Gasteiger partial charge in [0.05, 0.1) is 0 Å². The summed E-state index contributed by atoms with van der Waals surface area (Å²) in [4.78, 5) is 0. The first kappa shape index (κ1) is 12.4. The molecular formula is C5H5F6N5. The van der Waals surface area contributed by atoms with E-state index in [1.54, 1.807) is 0 Å². The SMILES string of the molecule is Nc1nnc(C(C(F)(F)F)C(F)(F)F)n1N. The first-order valence-electron chi connectivity index (χ1n) is 3.64. The molecule has 1 aromatic rings. The maximum atomic E-state index is 12.2. The minimum absolute atomic E-state index is 0.0500. The standard InChI is InChI=1S/C5H5F6N5/c6-4(7,8)1(5(9,10)11)2-14-15-3(12)16(2)13/h1H,13H2,(H2,12,15).